The summed E-state index contributed by atoms with van der Waals surface area (Å²) >= 11 is 0. The maximum atomic E-state index is 14.9. The van der Waals surface area contributed by atoms with Crippen LogP contribution in [0.2, 0.25) is 0 Å². The summed E-state index contributed by atoms with van der Waals surface area (Å²) in [6.07, 6.45) is -1.65. The van der Waals surface area contributed by atoms with Crippen molar-refractivity contribution in [3.05, 3.63) is 24.0 Å². The zero-order chi connectivity index (χ0) is 24.3. The minimum Gasteiger partial charge on any atom is -0.442 e. The van der Waals surface area contributed by atoms with Crippen LogP contribution in [0.5, 0.6) is 0 Å². The zero-order valence-electron chi connectivity index (χ0n) is 16.3. The van der Waals surface area contributed by atoms with Crippen molar-refractivity contribution in [2.75, 3.05) is 22.9 Å². The van der Waals surface area contributed by atoms with E-state index in [0.717, 1.165) is 11.0 Å². The van der Waals surface area contributed by atoms with Crippen LogP contribution in [-0.2, 0) is 14.3 Å². The lowest BCUT2D eigenvalue weighted by Gasteiger charge is -2.57. The third kappa shape index (κ3) is 3.76. The molecule has 14 nitrogen and oxygen atoms in total. The van der Waals surface area contributed by atoms with Crippen LogP contribution in [0.3, 0.4) is 0 Å². The topological polar surface area (TPSA) is 213 Å². The molecule has 2 unspecified atom stereocenters. The molecule has 16 heteroatoms. The molecule has 174 valence electrons. The number of cyclic esters (lactones) is 1. The number of nitrogens with one attached hydrogen (secondary N) is 1. The van der Waals surface area contributed by atoms with Gasteiger partial charge in [-0.2, -0.15) is 0 Å². The van der Waals surface area contributed by atoms with Gasteiger partial charge < -0.3 is 45.8 Å². The molecule has 1 aromatic rings. The standard InChI is InChI=1S/C16H19BFN3O11/c1-7(22)19-5-9-6-20(12(23)31-9)8-2-3-11(10(18)4-8)21-14(25,26)13(17,24)32-16(29,30)15(21,27)28/h2-4,9,24-30H,5-6H2,1H3,(H,19,22). The molecule has 8 N–H and O–H groups in total. The summed E-state index contributed by atoms with van der Waals surface area (Å²) in [5.41, 5.74) is -4.99. The normalized spacial score (nSPS) is 28.4. The number of amides is 2. The first-order valence-electron chi connectivity index (χ1n) is 8.89. The van der Waals surface area contributed by atoms with Crippen molar-refractivity contribution in [2.45, 2.75) is 36.5 Å². The van der Waals surface area contributed by atoms with Crippen molar-refractivity contribution < 1.29 is 59.2 Å². The number of rotatable bonds is 4. The van der Waals surface area contributed by atoms with Crippen LogP contribution >= 0.6 is 0 Å². The number of anilines is 2. The average Bonchev–Trinajstić information content (AvgIpc) is 3.00. The Morgan fingerprint density at radius 3 is 2.41 bits per heavy atom. The summed E-state index contributed by atoms with van der Waals surface area (Å²) in [6, 6.07) is 2.35. The molecule has 2 heterocycles. The molecule has 2 atom stereocenters. The molecule has 3 rings (SSSR count). The molecule has 2 radical (unpaired) electrons. The van der Waals surface area contributed by atoms with Crippen molar-refractivity contribution in [1.29, 1.82) is 0 Å². The maximum Gasteiger partial charge on any atom is 0.414 e. The van der Waals surface area contributed by atoms with Gasteiger partial charge in [-0.15, -0.1) is 0 Å². The van der Waals surface area contributed by atoms with Gasteiger partial charge in [0, 0.05) is 6.92 Å². The Hall–Kier alpha value is -2.57. The molecule has 0 aromatic heterocycles. The summed E-state index contributed by atoms with van der Waals surface area (Å²) in [4.78, 5) is 23.5. The number of aliphatic hydroxyl groups is 7. The highest BCUT2D eigenvalue weighted by molar-refractivity contribution is 6.14. The van der Waals surface area contributed by atoms with Gasteiger partial charge in [0.25, 0.3) is 5.91 Å². The second kappa shape index (κ2) is 7.50. The second-order valence-electron chi connectivity index (χ2n) is 7.20. The van der Waals surface area contributed by atoms with Gasteiger partial charge in [0.05, 0.1) is 24.5 Å². The number of halogens is 1. The summed E-state index contributed by atoms with van der Waals surface area (Å²) < 4.78 is 23.9. The SMILES string of the molecule is [B]C1(O)OC(O)(O)C(O)(O)N(c2ccc(N3CC(CNC(C)=O)OC3=O)cc2F)C1(O)O. The minimum absolute atomic E-state index is 0.00876. The second-order valence-corrected chi connectivity index (χ2v) is 7.20. The van der Waals surface area contributed by atoms with Crippen LogP contribution in [0.4, 0.5) is 20.6 Å². The molecule has 0 bridgehead atoms. The molecule has 2 fully saturated rings. The number of benzene rings is 1. The number of carbonyl (C=O) groups excluding carboxylic acids is 2. The number of hydrogen-bond acceptors (Lipinski definition) is 12. The Kier molecular flexibility index (Phi) is 5.64. The summed E-state index contributed by atoms with van der Waals surface area (Å²) in [5.74, 6) is -14.1. The first-order chi connectivity index (χ1) is 14.5. The number of carbonyl (C=O) groups is 2. The first kappa shape index (κ1) is 24.1. The van der Waals surface area contributed by atoms with E-state index in [2.05, 4.69) is 10.1 Å². The van der Waals surface area contributed by atoms with Gasteiger partial charge in [-0.05, 0) is 18.2 Å². The van der Waals surface area contributed by atoms with Crippen molar-refractivity contribution in [1.82, 2.24) is 5.32 Å². The quantitative estimate of drug-likeness (QED) is 0.159. The molecular weight excluding hydrogens is 440 g/mol. The summed E-state index contributed by atoms with van der Waals surface area (Å²) in [5, 5.41) is 72.0. The third-order valence-corrected chi connectivity index (χ3v) is 4.78. The fraction of sp³-hybridized carbons (Fsp3) is 0.500. The van der Waals surface area contributed by atoms with Crippen LogP contribution in [0.15, 0.2) is 18.2 Å². The van der Waals surface area contributed by atoms with Crippen molar-refractivity contribution in [2.24, 2.45) is 0 Å². The molecular formula is C16H19BFN3O11. The van der Waals surface area contributed by atoms with Gasteiger partial charge in [-0.3, -0.25) is 19.3 Å². The minimum atomic E-state index is -4.15. The molecule has 2 amide bonds. The molecule has 0 aliphatic carbocycles. The summed E-state index contributed by atoms with van der Waals surface area (Å²) in [7, 11) is 5.07. The largest absolute Gasteiger partial charge is 0.442 e. The Morgan fingerprint density at radius 2 is 1.84 bits per heavy atom. The average molecular weight is 459 g/mol. The van der Waals surface area contributed by atoms with E-state index in [1.807, 2.05) is 0 Å². The number of nitrogens with zero attached hydrogens (tertiary/aromatic N) is 2. The number of ether oxygens (including phenoxy) is 2. The third-order valence-electron chi connectivity index (χ3n) is 4.78. The van der Waals surface area contributed by atoms with Crippen LogP contribution in [-0.4, -0.2) is 98.3 Å². The lowest BCUT2D eigenvalue weighted by Crippen LogP contribution is -2.85. The van der Waals surface area contributed by atoms with Crippen molar-refractivity contribution in [3.8, 4) is 0 Å². The van der Waals surface area contributed by atoms with E-state index in [1.54, 1.807) is 0 Å². The lowest BCUT2D eigenvalue weighted by atomic mass is 9.86. The van der Waals surface area contributed by atoms with Gasteiger partial charge in [0.15, 0.2) is 13.5 Å². The molecule has 1 aromatic carbocycles. The Morgan fingerprint density at radius 1 is 1.22 bits per heavy atom. The maximum absolute atomic E-state index is 14.9. The van der Waals surface area contributed by atoms with Crippen molar-refractivity contribution >= 4 is 31.2 Å². The van der Waals surface area contributed by atoms with E-state index >= 15 is 0 Å². The highest BCUT2D eigenvalue weighted by Crippen LogP contribution is 2.45. The molecule has 2 saturated heterocycles. The van der Waals surface area contributed by atoms with E-state index in [4.69, 9.17) is 12.6 Å². The lowest BCUT2D eigenvalue weighted by molar-refractivity contribution is -0.551. The fourth-order valence-electron chi connectivity index (χ4n) is 3.15. The first-order valence-corrected chi connectivity index (χ1v) is 8.89. The van der Waals surface area contributed by atoms with Crippen LogP contribution in [0.1, 0.15) is 6.92 Å². The monoisotopic (exact) mass is 459 g/mol. The van der Waals surface area contributed by atoms with Crippen LogP contribution in [0, 0.1) is 5.82 Å². The highest BCUT2D eigenvalue weighted by Gasteiger charge is 2.72. The molecule has 0 spiro atoms. The Labute approximate surface area is 180 Å². The summed E-state index contributed by atoms with van der Waals surface area (Å²) in [6.45, 7) is 1.16. The predicted octanol–water partition coefficient (Wildman–Crippen LogP) is -4.15. The van der Waals surface area contributed by atoms with Gasteiger partial charge in [-0.1, -0.05) is 0 Å². The van der Waals surface area contributed by atoms with E-state index < -0.39 is 52.1 Å². The van der Waals surface area contributed by atoms with E-state index in [9.17, 15) is 49.7 Å². The van der Waals surface area contributed by atoms with Gasteiger partial charge in [0.1, 0.15) is 11.9 Å². The van der Waals surface area contributed by atoms with Crippen LogP contribution < -0.4 is 15.1 Å². The molecule has 0 saturated carbocycles. The Balaban J connectivity index is 1.95. The Bertz CT molecular complexity index is 916. The molecule has 2 aliphatic rings. The number of morpholine rings is 1. The van der Waals surface area contributed by atoms with Gasteiger partial charge in [0.2, 0.25) is 5.91 Å². The van der Waals surface area contributed by atoms with E-state index in [1.165, 1.54) is 6.92 Å². The predicted molar refractivity (Wildman–Crippen MR) is 98.5 cm³/mol. The van der Waals surface area contributed by atoms with Gasteiger partial charge in [-0.25, -0.2) is 9.18 Å². The van der Waals surface area contributed by atoms with Crippen molar-refractivity contribution in [3.63, 3.8) is 0 Å². The van der Waals surface area contributed by atoms with E-state index in [-0.39, 0.29) is 24.7 Å². The number of hydrogen-bond donors (Lipinski definition) is 8. The highest BCUT2D eigenvalue weighted by atomic mass is 19.1. The fourth-order valence-corrected chi connectivity index (χ4v) is 3.15. The molecule has 32 heavy (non-hydrogen) atoms. The van der Waals surface area contributed by atoms with Gasteiger partial charge >= 0.3 is 18.0 Å². The van der Waals surface area contributed by atoms with Crippen LogP contribution in [0.25, 0.3) is 0 Å². The smallest absolute Gasteiger partial charge is 0.414 e. The zero-order valence-corrected chi connectivity index (χ0v) is 16.3. The molecule has 2 aliphatic heterocycles. The van der Waals surface area contributed by atoms with E-state index in [0.29, 0.717) is 12.1 Å².